The highest BCUT2D eigenvalue weighted by molar-refractivity contribution is 6.32. The monoisotopic (exact) mass is 244 g/mol. The third-order valence-corrected chi connectivity index (χ3v) is 2.64. The van der Waals surface area contributed by atoms with E-state index in [0.29, 0.717) is 26.3 Å². The molecule has 0 bridgehead atoms. The second-order valence-corrected chi connectivity index (χ2v) is 3.75. The van der Waals surface area contributed by atoms with Gasteiger partial charge in [-0.15, -0.1) is 0 Å². The van der Waals surface area contributed by atoms with Crippen molar-refractivity contribution in [1.82, 2.24) is 9.88 Å². The van der Waals surface area contributed by atoms with Gasteiger partial charge in [0, 0.05) is 13.1 Å². The summed E-state index contributed by atoms with van der Waals surface area (Å²) < 4.78 is 18.1. The van der Waals surface area contributed by atoms with Crippen LogP contribution in [-0.2, 0) is 4.74 Å². The normalized spacial score (nSPS) is 16.2. The molecule has 0 spiro atoms. The average molecular weight is 245 g/mol. The number of rotatable bonds is 1. The van der Waals surface area contributed by atoms with Crippen LogP contribution in [0.15, 0.2) is 12.3 Å². The maximum atomic E-state index is 13.0. The Hall–Kier alpha value is -1.20. The van der Waals surface area contributed by atoms with Crippen LogP contribution in [0.3, 0.4) is 0 Å². The van der Waals surface area contributed by atoms with Crippen LogP contribution in [0.5, 0.6) is 0 Å². The minimum atomic E-state index is -0.569. The third-order valence-electron chi connectivity index (χ3n) is 2.33. The summed E-state index contributed by atoms with van der Waals surface area (Å²) >= 11 is 5.75. The van der Waals surface area contributed by atoms with Crippen LogP contribution in [0, 0.1) is 5.82 Å². The Labute approximate surface area is 97.0 Å². The Bertz CT molecular complexity index is 408. The molecule has 0 atom stereocenters. The summed E-state index contributed by atoms with van der Waals surface area (Å²) in [6, 6.07) is 1.10. The Morgan fingerprint density at radius 1 is 1.50 bits per heavy atom. The van der Waals surface area contributed by atoms with Crippen LogP contribution in [-0.4, -0.2) is 42.1 Å². The lowest BCUT2D eigenvalue weighted by Crippen LogP contribution is -2.40. The van der Waals surface area contributed by atoms with Crippen LogP contribution in [0.25, 0.3) is 0 Å². The van der Waals surface area contributed by atoms with E-state index >= 15 is 0 Å². The molecule has 2 rings (SSSR count). The lowest BCUT2D eigenvalue weighted by Gasteiger charge is -2.26. The second-order valence-electron chi connectivity index (χ2n) is 3.40. The zero-order chi connectivity index (χ0) is 11.5. The molecule has 1 aromatic heterocycles. The maximum Gasteiger partial charge on any atom is 0.257 e. The Morgan fingerprint density at radius 3 is 2.88 bits per heavy atom. The molecular weight excluding hydrogens is 235 g/mol. The van der Waals surface area contributed by atoms with E-state index in [4.69, 9.17) is 16.3 Å². The van der Waals surface area contributed by atoms with Crippen LogP contribution in [0.1, 0.15) is 10.4 Å². The Balaban J connectivity index is 2.22. The molecule has 0 unspecified atom stereocenters. The first-order valence-electron chi connectivity index (χ1n) is 4.86. The molecule has 0 aliphatic carbocycles. The molecular formula is C10H10ClFN2O2. The van der Waals surface area contributed by atoms with Crippen molar-refractivity contribution in [3.8, 4) is 0 Å². The molecule has 0 saturated carbocycles. The molecule has 1 aliphatic heterocycles. The smallest absolute Gasteiger partial charge is 0.257 e. The molecule has 0 aromatic carbocycles. The first-order valence-corrected chi connectivity index (χ1v) is 5.24. The largest absolute Gasteiger partial charge is 0.378 e. The van der Waals surface area contributed by atoms with Crippen molar-refractivity contribution in [2.45, 2.75) is 0 Å². The molecule has 86 valence electrons. The SMILES string of the molecule is O=C(c1cc(F)cnc1Cl)N1CCOCC1. The van der Waals surface area contributed by atoms with Crippen LogP contribution in [0.2, 0.25) is 5.15 Å². The van der Waals surface area contributed by atoms with Gasteiger partial charge in [-0.3, -0.25) is 4.79 Å². The van der Waals surface area contributed by atoms with Crippen molar-refractivity contribution in [3.63, 3.8) is 0 Å². The van der Waals surface area contributed by atoms with E-state index in [0.717, 1.165) is 12.3 Å². The first-order chi connectivity index (χ1) is 7.68. The van der Waals surface area contributed by atoms with E-state index in [1.807, 2.05) is 0 Å². The minimum Gasteiger partial charge on any atom is -0.378 e. The third kappa shape index (κ3) is 2.31. The molecule has 1 fully saturated rings. The van der Waals surface area contributed by atoms with Gasteiger partial charge in [0.15, 0.2) is 0 Å². The lowest BCUT2D eigenvalue weighted by molar-refractivity contribution is 0.0302. The summed E-state index contributed by atoms with van der Waals surface area (Å²) in [6.07, 6.45) is 0.985. The highest BCUT2D eigenvalue weighted by Crippen LogP contribution is 2.16. The molecule has 0 N–H and O–H groups in total. The molecule has 1 saturated heterocycles. The number of ether oxygens (including phenoxy) is 1. The molecule has 4 nitrogen and oxygen atoms in total. The predicted octanol–water partition coefficient (Wildman–Crippen LogP) is 1.35. The Kier molecular flexibility index (Phi) is 3.36. The first kappa shape index (κ1) is 11.3. The summed E-state index contributed by atoms with van der Waals surface area (Å²) in [5.41, 5.74) is 0.101. The van der Waals surface area contributed by atoms with Crippen LogP contribution >= 0.6 is 11.6 Å². The van der Waals surface area contributed by atoms with Gasteiger partial charge in [-0.1, -0.05) is 11.6 Å². The van der Waals surface area contributed by atoms with Gasteiger partial charge in [0.25, 0.3) is 5.91 Å². The van der Waals surface area contributed by atoms with Crippen molar-refractivity contribution < 1.29 is 13.9 Å². The molecule has 16 heavy (non-hydrogen) atoms. The van der Waals surface area contributed by atoms with Gasteiger partial charge in [-0.25, -0.2) is 9.37 Å². The van der Waals surface area contributed by atoms with Gasteiger partial charge >= 0.3 is 0 Å². The second kappa shape index (κ2) is 4.76. The number of morpholine rings is 1. The lowest BCUT2D eigenvalue weighted by atomic mass is 10.2. The zero-order valence-corrected chi connectivity index (χ0v) is 9.21. The fourth-order valence-corrected chi connectivity index (χ4v) is 1.69. The van der Waals surface area contributed by atoms with Gasteiger partial charge in [0.1, 0.15) is 11.0 Å². The standard InChI is InChI=1S/C10H10ClFN2O2/c11-9-8(5-7(12)6-13-9)10(15)14-1-3-16-4-2-14/h5-6H,1-4H2. The predicted molar refractivity (Wildman–Crippen MR) is 55.9 cm³/mol. The molecule has 6 heteroatoms. The van der Waals surface area contributed by atoms with Gasteiger partial charge in [-0.2, -0.15) is 0 Å². The highest BCUT2D eigenvalue weighted by atomic mass is 35.5. The number of hydrogen-bond acceptors (Lipinski definition) is 3. The van der Waals surface area contributed by atoms with Crippen LogP contribution in [0.4, 0.5) is 4.39 Å². The van der Waals surface area contributed by atoms with Gasteiger partial charge < -0.3 is 9.64 Å². The van der Waals surface area contributed by atoms with Crippen molar-refractivity contribution in [2.75, 3.05) is 26.3 Å². The van der Waals surface area contributed by atoms with Crippen molar-refractivity contribution in [2.24, 2.45) is 0 Å². The average Bonchev–Trinajstić information content (AvgIpc) is 2.32. The van der Waals surface area contributed by atoms with E-state index in [2.05, 4.69) is 4.98 Å². The van der Waals surface area contributed by atoms with E-state index in [1.165, 1.54) is 0 Å². The quantitative estimate of drug-likeness (QED) is 0.701. The number of halogens is 2. The number of carbonyl (C=O) groups excluding carboxylic acids is 1. The van der Waals surface area contributed by atoms with Crippen molar-refractivity contribution in [1.29, 1.82) is 0 Å². The molecule has 1 amide bonds. The van der Waals surface area contributed by atoms with Gasteiger partial charge in [0.2, 0.25) is 0 Å². The number of nitrogens with zero attached hydrogens (tertiary/aromatic N) is 2. The summed E-state index contributed by atoms with van der Waals surface area (Å²) in [7, 11) is 0. The fraction of sp³-hybridized carbons (Fsp3) is 0.400. The van der Waals surface area contributed by atoms with E-state index in [-0.39, 0.29) is 16.6 Å². The summed E-state index contributed by atoms with van der Waals surface area (Å²) in [5.74, 6) is -0.874. The number of carbonyl (C=O) groups is 1. The number of hydrogen-bond donors (Lipinski definition) is 0. The van der Waals surface area contributed by atoms with E-state index in [1.54, 1.807) is 4.90 Å². The minimum absolute atomic E-state index is 0.0258. The Morgan fingerprint density at radius 2 is 2.19 bits per heavy atom. The summed E-state index contributed by atoms with van der Waals surface area (Å²) in [6.45, 7) is 1.97. The molecule has 0 radical (unpaired) electrons. The van der Waals surface area contributed by atoms with Crippen molar-refractivity contribution in [3.05, 3.63) is 28.8 Å². The summed E-state index contributed by atoms with van der Waals surface area (Å²) in [4.78, 5) is 17.1. The van der Waals surface area contributed by atoms with E-state index in [9.17, 15) is 9.18 Å². The molecule has 1 aliphatic rings. The number of amides is 1. The van der Waals surface area contributed by atoms with E-state index < -0.39 is 5.82 Å². The van der Waals surface area contributed by atoms with Gasteiger partial charge in [-0.05, 0) is 6.07 Å². The van der Waals surface area contributed by atoms with Crippen LogP contribution < -0.4 is 0 Å². The number of pyridine rings is 1. The zero-order valence-electron chi connectivity index (χ0n) is 8.45. The summed E-state index contributed by atoms with van der Waals surface area (Å²) in [5, 5.41) is 0.0258. The van der Waals surface area contributed by atoms with Gasteiger partial charge in [0.05, 0.1) is 25.0 Å². The molecule has 2 heterocycles. The van der Waals surface area contributed by atoms with Crippen molar-refractivity contribution >= 4 is 17.5 Å². The number of aromatic nitrogens is 1. The maximum absolute atomic E-state index is 13.0. The fourth-order valence-electron chi connectivity index (χ4n) is 1.51. The highest BCUT2D eigenvalue weighted by Gasteiger charge is 2.21. The molecule has 1 aromatic rings. The topological polar surface area (TPSA) is 42.4 Å².